The number of nitrogens with zero attached hydrogens (tertiary/aromatic N) is 2. The number of likely N-dealkylation sites (N-methyl/N-ethyl adjacent to an activating group) is 1. The summed E-state index contributed by atoms with van der Waals surface area (Å²) in [5, 5.41) is 0. The zero-order valence-corrected chi connectivity index (χ0v) is 12.6. The Morgan fingerprint density at radius 2 is 2.14 bits per heavy atom. The maximum absolute atomic E-state index is 11.8. The van der Waals surface area contributed by atoms with Crippen molar-refractivity contribution in [3.8, 4) is 0 Å². The van der Waals surface area contributed by atoms with E-state index in [-0.39, 0.29) is 6.04 Å². The van der Waals surface area contributed by atoms with E-state index in [1.165, 1.54) is 24.8 Å². The summed E-state index contributed by atoms with van der Waals surface area (Å²) in [5.41, 5.74) is 14.4. The van der Waals surface area contributed by atoms with Gasteiger partial charge in [-0.1, -0.05) is 0 Å². The molecule has 5 nitrogen and oxygen atoms in total. The average Bonchev–Trinajstić information content (AvgIpc) is 3.31. The van der Waals surface area contributed by atoms with Crippen molar-refractivity contribution in [1.82, 2.24) is 4.98 Å². The number of hydrogen-bond acceptors (Lipinski definition) is 4. The van der Waals surface area contributed by atoms with E-state index in [9.17, 15) is 4.79 Å². The van der Waals surface area contributed by atoms with Crippen molar-refractivity contribution in [2.45, 2.75) is 44.6 Å². The number of nitrogens with two attached hydrogens (primary N) is 2. The van der Waals surface area contributed by atoms with Crippen LogP contribution in [0.25, 0.3) is 0 Å². The van der Waals surface area contributed by atoms with Crippen LogP contribution in [0.15, 0.2) is 6.07 Å². The van der Waals surface area contributed by atoms with Crippen LogP contribution >= 0.6 is 0 Å². The molecule has 1 fully saturated rings. The van der Waals surface area contributed by atoms with Gasteiger partial charge in [-0.3, -0.25) is 4.79 Å². The Bertz CT molecular complexity index is 553. The molecule has 5 heteroatoms. The van der Waals surface area contributed by atoms with Gasteiger partial charge in [0, 0.05) is 25.3 Å². The number of anilines is 1. The van der Waals surface area contributed by atoms with Gasteiger partial charge in [0.1, 0.15) is 5.82 Å². The highest BCUT2D eigenvalue weighted by molar-refractivity contribution is 5.98. The Labute approximate surface area is 125 Å². The minimum Gasteiger partial charge on any atom is -0.365 e. The van der Waals surface area contributed by atoms with Crippen LogP contribution in [0, 0.1) is 5.92 Å². The molecule has 1 unspecified atom stereocenters. The number of amides is 1. The molecule has 2 aliphatic rings. The van der Waals surface area contributed by atoms with Crippen molar-refractivity contribution in [2.24, 2.45) is 17.4 Å². The van der Waals surface area contributed by atoms with Crippen LogP contribution in [0.3, 0.4) is 0 Å². The summed E-state index contributed by atoms with van der Waals surface area (Å²) >= 11 is 0. The molecule has 0 bridgehead atoms. The molecule has 0 aliphatic heterocycles. The lowest BCUT2D eigenvalue weighted by Gasteiger charge is -2.30. The lowest BCUT2D eigenvalue weighted by atomic mass is 9.94. The number of carbonyl (C=O) groups excluding carboxylic acids is 1. The number of fused-ring (bicyclic) bond motifs is 1. The van der Waals surface area contributed by atoms with E-state index < -0.39 is 5.91 Å². The third kappa shape index (κ3) is 2.75. The van der Waals surface area contributed by atoms with E-state index in [1.54, 1.807) is 0 Å². The first-order valence-electron chi connectivity index (χ1n) is 7.87. The third-order valence-corrected chi connectivity index (χ3v) is 4.79. The number of aryl methyl sites for hydroxylation is 2. The van der Waals surface area contributed by atoms with Crippen molar-refractivity contribution < 1.29 is 4.79 Å². The zero-order valence-electron chi connectivity index (χ0n) is 12.6. The minimum atomic E-state index is -0.399. The fourth-order valence-corrected chi connectivity index (χ4v) is 3.38. The summed E-state index contributed by atoms with van der Waals surface area (Å²) in [6, 6.07) is 2.20. The Hall–Kier alpha value is -1.62. The molecule has 1 saturated carbocycles. The van der Waals surface area contributed by atoms with E-state index in [0.717, 1.165) is 25.0 Å². The fourth-order valence-electron chi connectivity index (χ4n) is 3.38. The van der Waals surface area contributed by atoms with Gasteiger partial charge in [0.2, 0.25) is 0 Å². The summed E-state index contributed by atoms with van der Waals surface area (Å²) in [4.78, 5) is 18.7. The van der Waals surface area contributed by atoms with Crippen LogP contribution in [-0.4, -0.2) is 30.5 Å². The van der Waals surface area contributed by atoms with Crippen molar-refractivity contribution in [3.05, 3.63) is 22.9 Å². The van der Waals surface area contributed by atoms with Gasteiger partial charge >= 0.3 is 0 Å². The predicted octanol–water partition coefficient (Wildman–Crippen LogP) is 1.23. The molecule has 1 atom stereocenters. The lowest BCUT2D eigenvalue weighted by molar-refractivity contribution is 0.1000. The number of carbonyl (C=O) groups is 1. The van der Waals surface area contributed by atoms with E-state index >= 15 is 0 Å². The third-order valence-electron chi connectivity index (χ3n) is 4.79. The van der Waals surface area contributed by atoms with Crippen LogP contribution in [0.4, 0.5) is 5.82 Å². The molecular weight excluding hydrogens is 264 g/mol. The van der Waals surface area contributed by atoms with Crippen molar-refractivity contribution in [1.29, 1.82) is 0 Å². The first-order valence-corrected chi connectivity index (χ1v) is 7.87. The highest BCUT2D eigenvalue weighted by Gasteiger charge is 2.35. The van der Waals surface area contributed by atoms with Crippen LogP contribution in [0.2, 0.25) is 0 Å². The summed E-state index contributed by atoms with van der Waals surface area (Å²) in [6.45, 7) is 0.581. The maximum Gasteiger partial charge on any atom is 0.252 e. The lowest BCUT2D eigenvalue weighted by Crippen LogP contribution is -2.41. The van der Waals surface area contributed by atoms with E-state index in [1.807, 2.05) is 13.1 Å². The number of primary amides is 1. The van der Waals surface area contributed by atoms with Gasteiger partial charge in [-0.15, -0.1) is 0 Å². The molecule has 21 heavy (non-hydrogen) atoms. The first kappa shape index (κ1) is 14.3. The van der Waals surface area contributed by atoms with Crippen LogP contribution in [-0.2, 0) is 12.8 Å². The van der Waals surface area contributed by atoms with Gasteiger partial charge in [-0.05, 0) is 56.1 Å². The molecule has 0 aromatic carbocycles. The summed E-state index contributed by atoms with van der Waals surface area (Å²) in [5.74, 6) is 0.938. The Morgan fingerprint density at radius 1 is 1.43 bits per heavy atom. The van der Waals surface area contributed by atoms with Gasteiger partial charge in [0.15, 0.2) is 0 Å². The Kier molecular flexibility index (Phi) is 3.85. The van der Waals surface area contributed by atoms with E-state index in [2.05, 4.69) is 4.90 Å². The monoisotopic (exact) mass is 288 g/mol. The summed E-state index contributed by atoms with van der Waals surface area (Å²) < 4.78 is 0. The number of rotatable bonds is 5. The SMILES string of the molecule is CN(c1nc2c(cc1C(N)=O)CCCC2)C(CN)C1CC1. The molecule has 1 heterocycles. The summed E-state index contributed by atoms with van der Waals surface area (Å²) in [7, 11) is 1.99. The topological polar surface area (TPSA) is 85.2 Å². The molecule has 2 aliphatic carbocycles. The second-order valence-electron chi connectivity index (χ2n) is 6.29. The number of hydrogen-bond donors (Lipinski definition) is 2. The molecule has 1 aromatic heterocycles. The normalized spacial score (nSPS) is 19.0. The molecule has 4 N–H and O–H groups in total. The molecule has 3 rings (SSSR count). The smallest absolute Gasteiger partial charge is 0.252 e. The molecular formula is C16H24N4O. The van der Waals surface area contributed by atoms with Gasteiger partial charge in [-0.2, -0.15) is 0 Å². The highest BCUT2D eigenvalue weighted by Crippen LogP contribution is 2.37. The molecule has 114 valence electrons. The zero-order chi connectivity index (χ0) is 15.0. The fraction of sp³-hybridized carbons (Fsp3) is 0.625. The molecule has 0 spiro atoms. The van der Waals surface area contributed by atoms with Crippen molar-refractivity contribution in [3.63, 3.8) is 0 Å². The number of aromatic nitrogens is 1. The van der Waals surface area contributed by atoms with Crippen molar-refractivity contribution >= 4 is 11.7 Å². The van der Waals surface area contributed by atoms with Crippen molar-refractivity contribution in [2.75, 3.05) is 18.5 Å². The van der Waals surface area contributed by atoms with E-state index in [4.69, 9.17) is 16.5 Å². The molecule has 0 saturated heterocycles. The van der Waals surface area contributed by atoms with Gasteiger partial charge in [0.25, 0.3) is 5.91 Å². The first-order chi connectivity index (χ1) is 10.1. The molecule has 0 radical (unpaired) electrons. The Balaban J connectivity index is 2.00. The van der Waals surface area contributed by atoms with E-state index in [0.29, 0.717) is 23.8 Å². The highest BCUT2D eigenvalue weighted by atomic mass is 16.1. The predicted molar refractivity (Wildman–Crippen MR) is 83.4 cm³/mol. The van der Waals surface area contributed by atoms with Gasteiger partial charge in [0.05, 0.1) is 5.56 Å². The van der Waals surface area contributed by atoms with Gasteiger partial charge in [-0.25, -0.2) is 4.98 Å². The summed E-state index contributed by atoms with van der Waals surface area (Å²) in [6.07, 6.45) is 6.74. The largest absolute Gasteiger partial charge is 0.365 e. The maximum atomic E-state index is 11.8. The van der Waals surface area contributed by atoms with Gasteiger partial charge < -0.3 is 16.4 Å². The Morgan fingerprint density at radius 3 is 2.76 bits per heavy atom. The quantitative estimate of drug-likeness (QED) is 0.853. The molecule has 1 aromatic rings. The number of pyridine rings is 1. The minimum absolute atomic E-state index is 0.247. The second-order valence-corrected chi connectivity index (χ2v) is 6.29. The van der Waals surface area contributed by atoms with Crippen LogP contribution in [0.5, 0.6) is 0 Å². The second kappa shape index (κ2) is 5.64. The average molecular weight is 288 g/mol. The van der Waals surface area contributed by atoms with Crippen LogP contribution < -0.4 is 16.4 Å². The van der Waals surface area contributed by atoms with Crippen LogP contribution in [0.1, 0.15) is 47.3 Å². The molecule has 1 amide bonds. The standard InChI is InChI=1S/C16H24N4O/c1-20(14(9-17)10-6-7-10)16-12(15(18)21)8-11-4-2-3-5-13(11)19-16/h8,10,14H,2-7,9,17H2,1H3,(H2,18,21).